The van der Waals surface area contributed by atoms with Gasteiger partial charge in [-0.1, -0.05) is 35.4 Å². The average Bonchev–Trinajstić information content (AvgIpc) is 3.45. The van der Waals surface area contributed by atoms with E-state index < -0.39 is 45.6 Å². The van der Waals surface area contributed by atoms with Gasteiger partial charge in [-0.25, -0.2) is 32.8 Å². The predicted molar refractivity (Wildman–Crippen MR) is 122 cm³/mol. The van der Waals surface area contributed by atoms with Crippen LogP contribution in [0.2, 0.25) is 0 Å². The molecule has 0 bridgehead atoms. The number of hydrogen-bond acceptors (Lipinski definition) is 9. The fourth-order valence-electron chi connectivity index (χ4n) is 3.59. The van der Waals surface area contributed by atoms with E-state index in [1.165, 1.54) is 0 Å². The molecule has 1 saturated heterocycles. The monoisotopic (exact) mass is 500 g/mol. The summed E-state index contributed by atoms with van der Waals surface area (Å²) in [5, 5.41) is 8.63. The van der Waals surface area contributed by atoms with Crippen molar-refractivity contribution in [2.45, 2.75) is 43.9 Å². The highest BCUT2D eigenvalue weighted by molar-refractivity contribution is 7.89. The number of aromatic nitrogens is 3. The molecular formula is C23H24N4O7S. The summed E-state index contributed by atoms with van der Waals surface area (Å²) in [5.41, 5.74) is 2.66. The van der Waals surface area contributed by atoms with Crippen LogP contribution in [0.5, 0.6) is 0 Å². The van der Waals surface area contributed by atoms with E-state index in [-0.39, 0.29) is 13.0 Å². The van der Waals surface area contributed by atoms with Gasteiger partial charge in [0.1, 0.15) is 25.1 Å². The van der Waals surface area contributed by atoms with Crippen molar-refractivity contribution in [2.24, 2.45) is 5.14 Å². The standard InChI is InChI=1S/C23H24N4O7S/c1-14-3-7-16(8-4-14)21(28)32-12-19-18(34-22(29)17-9-5-15(2)6-10-17)11-20(33-19)27-23(25-13-26-27)35(24,30)31/h3-10,13,18-20H,11-12H2,1-2H3,(H2,24,30,31)/t18-,19+,20+/m0/s1. The van der Waals surface area contributed by atoms with E-state index in [1.54, 1.807) is 48.5 Å². The number of ether oxygens (including phenoxy) is 3. The lowest BCUT2D eigenvalue weighted by atomic mass is 10.1. The van der Waals surface area contributed by atoms with E-state index in [4.69, 9.17) is 19.3 Å². The van der Waals surface area contributed by atoms with E-state index >= 15 is 0 Å². The number of rotatable bonds is 7. The molecular weight excluding hydrogens is 476 g/mol. The molecule has 35 heavy (non-hydrogen) atoms. The zero-order chi connectivity index (χ0) is 25.2. The zero-order valence-electron chi connectivity index (χ0n) is 19.0. The predicted octanol–water partition coefficient (Wildman–Crippen LogP) is 1.91. The van der Waals surface area contributed by atoms with Crippen LogP contribution in [0, 0.1) is 13.8 Å². The Balaban J connectivity index is 1.52. The summed E-state index contributed by atoms with van der Waals surface area (Å²) in [6.45, 7) is 3.55. The van der Waals surface area contributed by atoms with Gasteiger partial charge in [-0.3, -0.25) is 0 Å². The number of esters is 2. The first kappa shape index (κ1) is 24.5. The topological polar surface area (TPSA) is 153 Å². The van der Waals surface area contributed by atoms with Gasteiger partial charge in [0.15, 0.2) is 6.23 Å². The van der Waals surface area contributed by atoms with Crippen LogP contribution in [0.3, 0.4) is 0 Å². The molecule has 4 rings (SSSR count). The summed E-state index contributed by atoms with van der Waals surface area (Å²) in [6, 6.07) is 13.7. The van der Waals surface area contributed by atoms with Crippen molar-refractivity contribution >= 4 is 22.0 Å². The molecule has 1 aliphatic heterocycles. The molecule has 0 saturated carbocycles. The number of nitrogens with two attached hydrogens (primary N) is 1. The zero-order valence-corrected chi connectivity index (χ0v) is 19.8. The van der Waals surface area contributed by atoms with Gasteiger partial charge in [-0.05, 0) is 38.1 Å². The number of hydrogen-bond donors (Lipinski definition) is 1. The van der Waals surface area contributed by atoms with Crippen molar-refractivity contribution in [2.75, 3.05) is 6.61 Å². The molecule has 3 aromatic rings. The summed E-state index contributed by atoms with van der Waals surface area (Å²) < 4.78 is 41.7. The Morgan fingerprint density at radius 1 is 1.03 bits per heavy atom. The molecule has 2 heterocycles. The highest BCUT2D eigenvalue weighted by Crippen LogP contribution is 2.32. The van der Waals surface area contributed by atoms with Crippen molar-refractivity contribution in [1.82, 2.24) is 14.8 Å². The first-order valence-corrected chi connectivity index (χ1v) is 12.3. The lowest BCUT2D eigenvalue weighted by Crippen LogP contribution is -2.32. The maximum absolute atomic E-state index is 12.7. The van der Waals surface area contributed by atoms with Crippen LogP contribution in [0.1, 0.15) is 44.5 Å². The molecule has 2 aromatic carbocycles. The second kappa shape index (κ2) is 9.94. The smallest absolute Gasteiger partial charge is 0.338 e. The Kier molecular flexibility index (Phi) is 6.96. The number of carbonyl (C=O) groups is 2. The first-order valence-electron chi connectivity index (χ1n) is 10.7. The number of nitrogens with zero attached hydrogens (tertiary/aromatic N) is 3. The third kappa shape index (κ3) is 5.73. The second-order valence-corrected chi connectivity index (χ2v) is 9.63. The maximum Gasteiger partial charge on any atom is 0.338 e. The highest BCUT2D eigenvalue weighted by Gasteiger charge is 2.42. The molecule has 1 aliphatic rings. The summed E-state index contributed by atoms with van der Waals surface area (Å²) in [7, 11) is -4.18. The van der Waals surface area contributed by atoms with Gasteiger partial charge < -0.3 is 14.2 Å². The molecule has 1 aromatic heterocycles. The third-order valence-corrected chi connectivity index (χ3v) is 6.26. The van der Waals surface area contributed by atoms with Crippen LogP contribution in [0.15, 0.2) is 60.0 Å². The minimum absolute atomic E-state index is 0.0379. The van der Waals surface area contributed by atoms with E-state index in [1.807, 2.05) is 13.8 Å². The SMILES string of the molecule is Cc1ccc(C(=O)OC[C@H]2O[C@@H](n3ncnc3S(N)(=O)=O)C[C@@H]2OC(=O)c2ccc(C)cc2)cc1. The van der Waals surface area contributed by atoms with Crippen LogP contribution < -0.4 is 5.14 Å². The second-order valence-electron chi connectivity index (χ2n) is 8.17. The van der Waals surface area contributed by atoms with Crippen LogP contribution in [0.25, 0.3) is 0 Å². The van der Waals surface area contributed by atoms with Crippen LogP contribution in [0.4, 0.5) is 0 Å². The Morgan fingerprint density at radius 3 is 2.17 bits per heavy atom. The van der Waals surface area contributed by atoms with Crippen molar-refractivity contribution in [1.29, 1.82) is 0 Å². The molecule has 3 atom stereocenters. The fourth-order valence-corrected chi connectivity index (χ4v) is 4.21. The normalized spacial score (nSPS) is 19.9. The molecule has 0 amide bonds. The van der Waals surface area contributed by atoms with E-state index in [0.717, 1.165) is 22.1 Å². The van der Waals surface area contributed by atoms with Gasteiger partial charge in [0.2, 0.25) is 0 Å². The minimum atomic E-state index is -4.18. The summed E-state index contributed by atoms with van der Waals surface area (Å²) in [5.74, 6) is -1.17. The molecule has 0 radical (unpaired) electrons. The fraction of sp³-hybridized carbons (Fsp3) is 0.304. The third-order valence-electron chi connectivity index (χ3n) is 5.46. The van der Waals surface area contributed by atoms with Gasteiger partial charge >= 0.3 is 11.9 Å². The van der Waals surface area contributed by atoms with Gasteiger partial charge in [0, 0.05) is 6.42 Å². The first-order chi connectivity index (χ1) is 16.6. The Morgan fingerprint density at radius 2 is 1.60 bits per heavy atom. The quantitative estimate of drug-likeness (QED) is 0.479. The van der Waals surface area contributed by atoms with Crippen molar-refractivity contribution in [3.63, 3.8) is 0 Å². The van der Waals surface area contributed by atoms with Gasteiger partial charge in [-0.2, -0.15) is 5.10 Å². The summed E-state index contributed by atoms with van der Waals surface area (Å²) in [4.78, 5) is 28.9. The van der Waals surface area contributed by atoms with E-state index in [9.17, 15) is 18.0 Å². The van der Waals surface area contributed by atoms with Gasteiger partial charge in [-0.15, -0.1) is 0 Å². The van der Waals surface area contributed by atoms with E-state index in [0.29, 0.717) is 11.1 Å². The molecule has 0 aliphatic carbocycles. The van der Waals surface area contributed by atoms with Crippen LogP contribution >= 0.6 is 0 Å². The lowest BCUT2D eigenvalue weighted by Gasteiger charge is -2.19. The Bertz CT molecular complexity index is 1320. The van der Waals surface area contributed by atoms with E-state index in [2.05, 4.69) is 10.1 Å². The molecule has 1 fully saturated rings. The number of benzene rings is 2. The largest absolute Gasteiger partial charge is 0.459 e. The number of sulfonamides is 1. The number of aryl methyl sites for hydroxylation is 2. The number of primary sulfonamides is 1. The summed E-state index contributed by atoms with van der Waals surface area (Å²) in [6.07, 6.45) is -1.65. The molecule has 0 spiro atoms. The molecule has 11 nitrogen and oxygen atoms in total. The molecule has 184 valence electrons. The Hall–Kier alpha value is -3.61. The number of carbonyl (C=O) groups excluding carboxylic acids is 2. The van der Waals surface area contributed by atoms with Crippen LogP contribution in [-0.4, -0.2) is 53.9 Å². The van der Waals surface area contributed by atoms with Gasteiger partial charge in [0.25, 0.3) is 15.2 Å². The lowest BCUT2D eigenvalue weighted by molar-refractivity contribution is -0.0624. The average molecular weight is 501 g/mol. The molecule has 0 unspecified atom stereocenters. The highest BCUT2D eigenvalue weighted by atomic mass is 32.2. The minimum Gasteiger partial charge on any atom is -0.459 e. The van der Waals surface area contributed by atoms with Crippen molar-refractivity contribution < 1.29 is 32.2 Å². The Labute approximate surface area is 201 Å². The summed E-state index contributed by atoms with van der Waals surface area (Å²) >= 11 is 0. The van der Waals surface area contributed by atoms with Gasteiger partial charge in [0.05, 0.1) is 11.1 Å². The van der Waals surface area contributed by atoms with Crippen molar-refractivity contribution in [3.05, 3.63) is 77.1 Å². The molecule has 2 N–H and O–H groups in total. The van der Waals surface area contributed by atoms with Crippen LogP contribution in [-0.2, 0) is 24.2 Å². The van der Waals surface area contributed by atoms with Crippen molar-refractivity contribution in [3.8, 4) is 0 Å². The molecule has 12 heteroatoms. The maximum atomic E-state index is 12.7.